The van der Waals surface area contributed by atoms with Crippen LogP contribution in [0.1, 0.15) is 27.9 Å². The zero-order valence-electron chi connectivity index (χ0n) is 7.01. The first-order valence-corrected chi connectivity index (χ1v) is 4.21. The number of nitrogens with two attached hydrogens (primary N) is 1. The van der Waals surface area contributed by atoms with E-state index in [0.717, 1.165) is 6.20 Å². The van der Waals surface area contributed by atoms with Crippen molar-refractivity contribution in [3.05, 3.63) is 22.9 Å². The highest BCUT2D eigenvalue weighted by Crippen LogP contribution is 2.29. The monoisotopic (exact) mass is 220 g/mol. The molecule has 0 atom stereocenters. The van der Waals surface area contributed by atoms with E-state index < -0.39 is 12.0 Å². The topological polar surface area (TPSA) is 56.0 Å². The van der Waals surface area contributed by atoms with Crippen LogP contribution in [0.25, 0.3) is 0 Å². The van der Waals surface area contributed by atoms with Gasteiger partial charge in [-0.2, -0.15) is 0 Å². The lowest BCUT2D eigenvalue weighted by Gasteiger charge is -2.10. The lowest BCUT2D eigenvalue weighted by atomic mass is 10.1. The molecule has 1 aromatic heterocycles. The molecule has 0 spiro atoms. The Hall–Kier alpha value is -1.23. The summed E-state index contributed by atoms with van der Waals surface area (Å²) in [6.45, 7) is 0. The van der Waals surface area contributed by atoms with Gasteiger partial charge >= 0.3 is 0 Å². The molecule has 1 rings (SSSR count). The Morgan fingerprint density at radius 3 is 2.71 bits per heavy atom. The second kappa shape index (κ2) is 4.32. The fourth-order valence-corrected chi connectivity index (χ4v) is 1.37. The van der Waals surface area contributed by atoms with E-state index in [1.54, 1.807) is 0 Å². The van der Waals surface area contributed by atoms with Crippen molar-refractivity contribution in [1.29, 1.82) is 0 Å². The predicted octanol–water partition coefficient (Wildman–Crippen LogP) is 2.15. The summed E-state index contributed by atoms with van der Waals surface area (Å²) < 4.78 is 25.1. The smallest absolute Gasteiger partial charge is 0.265 e. The average Bonchev–Trinajstić information content (AvgIpc) is 2.17. The summed E-state index contributed by atoms with van der Waals surface area (Å²) in [5.74, 6) is -0.263. The van der Waals surface area contributed by atoms with Gasteiger partial charge in [0.05, 0.1) is 5.88 Å². The second-order valence-electron chi connectivity index (χ2n) is 2.54. The van der Waals surface area contributed by atoms with Gasteiger partial charge in [0.15, 0.2) is 6.29 Å². The highest BCUT2D eigenvalue weighted by Gasteiger charge is 2.19. The number of alkyl halides is 3. The number of carbonyl (C=O) groups excluding carboxylic acids is 1. The summed E-state index contributed by atoms with van der Waals surface area (Å²) in [6, 6.07) is 0. The standard InChI is InChI=1S/C8H7ClF2N2O/c9-1-5-6(7(10)11)4(3-14)2-13-8(5)12/h2-3,7H,1H2,(H2,12,13). The van der Waals surface area contributed by atoms with Crippen LogP contribution in [-0.2, 0) is 5.88 Å². The van der Waals surface area contributed by atoms with Crippen molar-refractivity contribution in [2.45, 2.75) is 12.3 Å². The van der Waals surface area contributed by atoms with E-state index in [9.17, 15) is 13.6 Å². The zero-order valence-corrected chi connectivity index (χ0v) is 7.76. The Balaban J connectivity index is 3.43. The molecule has 6 heteroatoms. The molecule has 0 aliphatic heterocycles. The molecule has 0 aromatic carbocycles. The van der Waals surface area contributed by atoms with E-state index in [4.69, 9.17) is 17.3 Å². The molecule has 1 heterocycles. The fraction of sp³-hybridized carbons (Fsp3) is 0.250. The molecule has 0 saturated heterocycles. The molecule has 76 valence electrons. The van der Waals surface area contributed by atoms with Crippen molar-refractivity contribution in [1.82, 2.24) is 4.98 Å². The molecule has 0 aliphatic rings. The number of halogens is 3. The third kappa shape index (κ3) is 1.82. The first-order chi connectivity index (χ1) is 6.61. The molecule has 0 radical (unpaired) electrons. The number of anilines is 1. The molecule has 3 nitrogen and oxygen atoms in total. The molecular formula is C8H7ClF2N2O. The lowest BCUT2D eigenvalue weighted by Crippen LogP contribution is -2.05. The van der Waals surface area contributed by atoms with Gasteiger partial charge in [-0.15, -0.1) is 11.6 Å². The number of nitrogens with zero attached hydrogens (tertiary/aromatic N) is 1. The van der Waals surface area contributed by atoms with Crippen LogP contribution >= 0.6 is 11.6 Å². The molecule has 0 fully saturated rings. The van der Waals surface area contributed by atoms with Crippen LogP contribution in [0.2, 0.25) is 0 Å². The van der Waals surface area contributed by atoms with Crippen LogP contribution in [-0.4, -0.2) is 11.3 Å². The number of pyridine rings is 1. The third-order valence-corrected chi connectivity index (χ3v) is 2.03. The van der Waals surface area contributed by atoms with Crippen LogP contribution < -0.4 is 5.73 Å². The van der Waals surface area contributed by atoms with Gasteiger partial charge in [-0.05, 0) is 0 Å². The van der Waals surface area contributed by atoms with Gasteiger partial charge in [-0.25, -0.2) is 13.8 Å². The zero-order chi connectivity index (χ0) is 10.7. The summed E-state index contributed by atoms with van der Waals surface area (Å²) in [7, 11) is 0. The number of aromatic nitrogens is 1. The van der Waals surface area contributed by atoms with Crippen molar-refractivity contribution in [2.75, 3.05) is 5.73 Å². The van der Waals surface area contributed by atoms with E-state index >= 15 is 0 Å². The van der Waals surface area contributed by atoms with Crippen LogP contribution in [0.15, 0.2) is 6.20 Å². The Kier molecular flexibility index (Phi) is 3.35. The van der Waals surface area contributed by atoms with E-state index in [0.29, 0.717) is 6.29 Å². The first kappa shape index (κ1) is 10.8. The normalized spacial score (nSPS) is 10.6. The van der Waals surface area contributed by atoms with Crippen LogP contribution in [0.4, 0.5) is 14.6 Å². The van der Waals surface area contributed by atoms with Gasteiger partial charge < -0.3 is 5.73 Å². The molecule has 1 aromatic rings. The number of carbonyl (C=O) groups is 1. The van der Waals surface area contributed by atoms with Crippen molar-refractivity contribution >= 4 is 23.7 Å². The van der Waals surface area contributed by atoms with Crippen LogP contribution in [0, 0.1) is 0 Å². The highest BCUT2D eigenvalue weighted by atomic mass is 35.5. The molecule has 0 saturated carbocycles. The lowest BCUT2D eigenvalue weighted by molar-refractivity contribution is 0.110. The summed E-state index contributed by atoms with van der Waals surface area (Å²) in [6.07, 6.45) is -1.46. The van der Waals surface area contributed by atoms with Crippen molar-refractivity contribution in [3.8, 4) is 0 Å². The molecule has 0 bridgehead atoms. The third-order valence-electron chi connectivity index (χ3n) is 1.77. The summed E-state index contributed by atoms with van der Waals surface area (Å²) in [5, 5.41) is 0. The Labute approximate surface area is 83.9 Å². The van der Waals surface area contributed by atoms with Gasteiger partial charge in [-0.1, -0.05) is 0 Å². The first-order valence-electron chi connectivity index (χ1n) is 3.68. The summed E-state index contributed by atoms with van der Waals surface area (Å²) >= 11 is 5.44. The Bertz CT molecular complexity index is 357. The minimum absolute atomic E-state index is 0.0197. The maximum absolute atomic E-state index is 12.5. The SMILES string of the molecule is Nc1ncc(C=O)c(C(F)F)c1CCl. The van der Waals surface area contributed by atoms with Crippen molar-refractivity contribution < 1.29 is 13.6 Å². The van der Waals surface area contributed by atoms with Gasteiger partial charge in [0.25, 0.3) is 6.43 Å². The van der Waals surface area contributed by atoms with E-state index in [-0.39, 0.29) is 22.8 Å². The number of rotatable bonds is 3. The molecule has 0 amide bonds. The van der Waals surface area contributed by atoms with E-state index in [2.05, 4.69) is 4.98 Å². The quantitative estimate of drug-likeness (QED) is 0.627. The Morgan fingerprint density at radius 1 is 1.64 bits per heavy atom. The molecule has 14 heavy (non-hydrogen) atoms. The number of nitrogen functional groups attached to an aromatic ring is 1. The van der Waals surface area contributed by atoms with Crippen LogP contribution in [0.5, 0.6) is 0 Å². The highest BCUT2D eigenvalue weighted by molar-refractivity contribution is 6.17. The van der Waals surface area contributed by atoms with Crippen LogP contribution in [0.3, 0.4) is 0 Å². The van der Waals surface area contributed by atoms with Gasteiger partial charge in [0.1, 0.15) is 5.82 Å². The van der Waals surface area contributed by atoms with Gasteiger partial charge in [0, 0.05) is 22.9 Å². The number of aldehydes is 1. The summed E-state index contributed by atoms with van der Waals surface area (Å²) in [4.78, 5) is 14.0. The molecule has 0 unspecified atom stereocenters. The average molecular weight is 221 g/mol. The summed E-state index contributed by atoms with van der Waals surface area (Å²) in [5.41, 5.74) is 4.76. The predicted molar refractivity (Wildman–Crippen MR) is 48.6 cm³/mol. The van der Waals surface area contributed by atoms with E-state index in [1.165, 1.54) is 0 Å². The Morgan fingerprint density at radius 2 is 2.29 bits per heavy atom. The van der Waals surface area contributed by atoms with Gasteiger partial charge in [0.2, 0.25) is 0 Å². The fourth-order valence-electron chi connectivity index (χ4n) is 1.09. The molecule has 2 N–H and O–H groups in total. The second-order valence-corrected chi connectivity index (χ2v) is 2.81. The van der Waals surface area contributed by atoms with Gasteiger partial charge in [-0.3, -0.25) is 4.79 Å². The van der Waals surface area contributed by atoms with E-state index in [1.807, 2.05) is 0 Å². The maximum Gasteiger partial charge on any atom is 0.265 e. The van der Waals surface area contributed by atoms with Crippen molar-refractivity contribution in [2.24, 2.45) is 0 Å². The number of hydrogen-bond donors (Lipinski definition) is 1. The molecular weight excluding hydrogens is 214 g/mol. The largest absolute Gasteiger partial charge is 0.383 e. The minimum Gasteiger partial charge on any atom is -0.383 e. The van der Waals surface area contributed by atoms with Crippen molar-refractivity contribution in [3.63, 3.8) is 0 Å². The minimum atomic E-state index is -2.78. The maximum atomic E-state index is 12.5. The molecule has 0 aliphatic carbocycles. The number of hydrogen-bond acceptors (Lipinski definition) is 3.